The fourth-order valence-electron chi connectivity index (χ4n) is 6.04. The Bertz CT molecular complexity index is 1890. The van der Waals surface area contributed by atoms with Gasteiger partial charge in [-0.3, -0.25) is 13.9 Å². The highest BCUT2D eigenvalue weighted by Crippen LogP contribution is 2.38. The maximum atomic E-state index is 14.6. The Balaban J connectivity index is 1.61. The van der Waals surface area contributed by atoms with Crippen molar-refractivity contribution in [2.75, 3.05) is 10.8 Å². The van der Waals surface area contributed by atoms with Gasteiger partial charge in [0.05, 0.1) is 21.2 Å². The molecule has 0 spiro atoms. The number of hydrogen-bond donors (Lipinski definition) is 1. The van der Waals surface area contributed by atoms with Crippen molar-refractivity contribution in [3.05, 3.63) is 130 Å². The predicted octanol–water partition coefficient (Wildman–Crippen LogP) is 8.30. The number of nitrogens with zero attached hydrogens (tertiary/aromatic N) is 2. The van der Waals surface area contributed by atoms with Crippen LogP contribution in [0.15, 0.2) is 108 Å². The Labute approximate surface area is 300 Å². The summed E-state index contributed by atoms with van der Waals surface area (Å²) in [6, 6.07) is 24.3. The molecule has 0 heterocycles. The second-order valence-corrected chi connectivity index (χ2v) is 14.8. The lowest BCUT2D eigenvalue weighted by Gasteiger charge is -2.35. The highest BCUT2D eigenvalue weighted by Gasteiger charge is 2.38. The molecule has 1 aliphatic rings. The van der Waals surface area contributed by atoms with E-state index in [1.54, 1.807) is 42.5 Å². The zero-order chi connectivity index (χ0) is 35.9. The third-order valence-corrected chi connectivity index (χ3v) is 11.2. The monoisotopic (exact) mass is 745 g/mol. The number of rotatable bonds is 12. The summed E-state index contributed by atoms with van der Waals surface area (Å²) in [4.78, 5) is 29.9. The van der Waals surface area contributed by atoms with Crippen LogP contribution < -0.4 is 9.62 Å². The number of anilines is 1. The lowest BCUT2D eigenvalue weighted by molar-refractivity contribution is -0.140. The normalized spacial score (nSPS) is 14.5. The van der Waals surface area contributed by atoms with Gasteiger partial charge in [0.25, 0.3) is 10.0 Å². The Morgan fingerprint density at radius 2 is 1.44 bits per heavy atom. The average molecular weight is 747 g/mol. The van der Waals surface area contributed by atoms with Crippen LogP contribution in [0.5, 0.6) is 0 Å². The van der Waals surface area contributed by atoms with E-state index < -0.39 is 56.9 Å². The molecule has 0 unspecified atom stereocenters. The molecule has 7 nitrogen and oxygen atoms in total. The van der Waals surface area contributed by atoms with Crippen LogP contribution >= 0.6 is 23.2 Å². The minimum absolute atomic E-state index is 0.0835. The van der Waals surface area contributed by atoms with Gasteiger partial charge < -0.3 is 10.2 Å². The Morgan fingerprint density at radius 3 is 2.08 bits per heavy atom. The van der Waals surface area contributed by atoms with Crippen molar-refractivity contribution in [1.29, 1.82) is 0 Å². The predicted molar refractivity (Wildman–Crippen MR) is 188 cm³/mol. The first-order valence-electron chi connectivity index (χ1n) is 16.2. The van der Waals surface area contributed by atoms with Crippen LogP contribution in [0.25, 0.3) is 0 Å². The van der Waals surface area contributed by atoms with Gasteiger partial charge in [-0.15, -0.1) is 0 Å². The highest BCUT2D eigenvalue weighted by atomic mass is 35.5. The van der Waals surface area contributed by atoms with E-state index in [9.17, 15) is 31.2 Å². The van der Waals surface area contributed by atoms with E-state index in [-0.39, 0.29) is 23.9 Å². The fraction of sp³-hybridized carbons (Fsp3) is 0.297. The molecule has 0 aromatic heterocycles. The third kappa shape index (κ3) is 9.18. The smallest absolute Gasteiger partial charge is 0.352 e. The van der Waals surface area contributed by atoms with Gasteiger partial charge in [-0.25, -0.2) is 8.42 Å². The van der Waals surface area contributed by atoms with Gasteiger partial charge in [0.15, 0.2) is 0 Å². The maximum absolute atomic E-state index is 14.6. The molecule has 0 bridgehead atoms. The summed E-state index contributed by atoms with van der Waals surface area (Å²) in [6.07, 6.45) is -0.308. The number of carbonyl (C=O) groups is 2. The molecule has 1 saturated carbocycles. The van der Waals surface area contributed by atoms with Gasteiger partial charge in [0, 0.05) is 24.0 Å². The third-order valence-electron chi connectivity index (χ3n) is 8.67. The second-order valence-electron chi connectivity index (χ2n) is 12.1. The summed E-state index contributed by atoms with van der Waals surface area (Å²) in [5, 5.41) is 2.79. The van der Waals surface area contributed by atoms with Gasteiger partial charge in [-0.1, -0.05) is 109 Å². The van der Waals surface area contributed by atoms with E-state index in [1.165, 1.54) is 29.2 Å². The number of hydrogen-bond acceptors (Lipinski definition) is 4. The number of sulfonamides is 1. The van der Waals surface area contributed by atoms with Crippen molar-refractivity contribution in [3.8, 4) is 0 Å². The first-order chi connectivity index (χ1) is 23.8. The quantitative estimate of drug-likeness (QED) is 0.158. The number of alkyl halides is 3. The Hall–Kier alpha value is -4.06. The lowest BCUT2D eigenvalue weighted by atomic mass is 9.94. The summed E-state index contributed by atoms with van der Waals surface area (Å²) < 4.78 is 70.9. The van der Waals surface area contributed by atoms with Crippen molar-refractivity contribution < 1.29 is 31.2 Å². The van der Waals surface area contributed by atoms with Gasteiger partial charge in [0.2, 0.25) is 11.8 Å². The number of benzene rings is 4. The molecule has 1 fully saturated rings. The fourth-order valence-corrected chi connectivity index (χ4v) is 7.89. The summed E-state index contributed by atoms with van der Waals surface area (Å²) in [5.41, 5.74) is -0.453. The number of nitrogens with one attached hydrogen (secondary N) is 1. The number of amides is 2. The molecule has 0 aliphatic heterocycles. The minimum atomic E-state index is -4.91. The van der Waals surface area contributed by atoms with Crippen LogP contribution in [0, 0.1) is 0 Å². The van der Waals surface area contributed by atoms with E-state index in [4.69, 9.17) is 23.2 Å². The molecule has 4 aromatic rings. The topological polar surface area (TPSA) is 86.8 Å². The van der Waals surface area contributed by atoms with E-state index >= 15 is 0 Å². The molecule has 13 heteroatoms. The van der Waals surface area contributed by atoms with Gasteiger partial charge in [0.1, 0.15) is 12.6 Å². The maximum Gasteiger partial charge on any atom is 0.417 e. The Morgan fingerprint density at radius 1 is 0.820 bits per heavy atom. The molecular formula is C37H36Cl2F3N3O4S. The molecule has 1 N–H and O–H groups in total. The van der Waals surface area contributed by atoms with Crippen LogP contribution in [0.3, 0.4) is 0 Å². The van der Waals surface area contributed by atoms with Crippen molar-refractivity contribution in [1.82, 2.24) is 10.2 Å². The van der Waals surface area contributed by atoms with E-state index in [1.807, 2.05) is 18.2 Å². The molecule has 1 aliphatic carbocycles. The molecule has 50 heavy (non-hydrogen) atoms. The largest absolute Gasteiger partial charge is 0.417 e. The molecule has 0 radical (unpaired) electrons. The van der Waals surface area contributed by atoms with E-state index in [2.05, 4.69) is 5.32 Å². The second kappa shape index (κ2) is 16.3. The van der Waals surface area contributed by atoms with Crippen molar-refractivity contribution >= 4 is 50.7 Å². The van der Waals surface area contributed by atoms with Crippen molar-refractivity contribution in [2.24, 2.45) is 0 Å². The molecule has 1 atom stereocenters. The van der Waals surface area contributed by atoms with Gasteiger partial charge >= 0.3 is 6.18 Å². The molecule has 5 rings (SSSR count). The van der Waals surface area contributed by atoms with E-state index in [0.29, 0.717) is 21.0 Å². The molecule has 264 valence electrons. The minimum Gasteiger partial charge on any atom is -0.352 e. The van der Waals surface area contributed by atoms with E-state index in [0.717, 1.165) is 49.8 Å². The van der Waals surface area contributed by atoms with Crippen molar-refractivity contribution in [2.45, 2.75) is 68.2 Å². The zero-order valence-corrected chi connectivity index (χ0v) is 29.3. The first kappa shape index (κ1) is 37.2. The molecule has 0 saturated heterocycles. The standard InChI is InChI=1S/C37H36Cl2F3N3O4S/c38-32-19-11-10-14-27(32)24-44(34(22-26-12-4-1-5-13-26)36(47)43-28-15-6-2-7-16-28)35(46)25-45(50(48,49)30-17-8-3-9-18-30)29-20-21-33(39)31(23-29)37(40,41)42/h1,3-5,8-14,17-21,23,28,34H,2,6-7,15-16,22,24-25H2,(H,43,47)/t34-/m1/s1. The SMILES string of the molecule is O=C(NC1CCCCC1)[C@@H](Cc1ccccc1)N(Cc1ccccc1Cl)C(=O)CN(c1ccc(Cl)c(C(F)(F)F)c1)S(=O)(=O)c1ccccc1. The number of carbonyl (C=O) groups excluding carboxylic acids is 2. The molecule has 2 amide bonds. The highest BCUT2D eigenvalue weighted by molar-refractivity contribution is 7.92. The Kier molecular flexibility index (Phi) is 12.1. The lowest BCUT2D eigenvalue weighted by Crippen LogP contribution is -2.55. The summed E-state index contributed by atoms with van der Waals surface area (Å²) in [7, 11) is -4.62. The van der Waals surface area contributed by atoms with Crippen LogP contribution in [-0.2, 0) is 38.8 Å². The van der Waals surface area contributed by atoms with Crippen LogP contribution in [0.4, 0.5) is 18.9 Å². The average Bonchev–Trinajstić information content (AvgIpc) is 3.10. The molecule has 4 aromatic carbocycles. The summed E-state index contributed by atoms with van der Waals surface area (Å²) in [6.45, 7) is -1.11. The van der Waals surface area contributed by atoms with Crippen LogP contribution in [-0.4, -0.2) is 43.8 Å². The van der Waals surface area contributed by atoms with Crippen molar-refractivity contribution in [3.63, 3.8) is 0 Å². The van der Waals surface area contributed by atoms with Gasteiger partial charge in [-0.05, 0) is 60.4 Å². The first-order valence-corrected chi connectivity index (χ1v) is 18.4. The van der Waals surface area contributed by atoms with Gasteiger partial charge in [-0.2, -0.15) is 13.2 Å². The van der Waals surface area contributed by atoms with Crippen LogP contribution in [0.2, 0.25) is 10.0 Å². The zero-order valence-electron chi connectivity index (χ0n) is 27.0. The number of halogens is 5. The molecular weight excluding hydrogens is 710 g/mol. The summed E-state index contributed by atoms with van der Waals surface area (Å²) >= 11 is 12.4. The van der Waals surface area contributed by atoms with Crippen LogP contribution in [0.1, 0.15) is 48.8 Å². The summed E-state index contributed by atoms with van der Waals surface area (Å²) in [5.74, 6) is -1.25.